The Hall–Kier alpha value is -1.82. The highest BCUT2D eigenvalue weighted by molar-refractivity contribution is 6.36. The Bertz CT molecular complexity index is 818. The Labute approximate surface area is 131 Å². The van der Waals surface area contributed by atoms with Crippen molar-refractivity contribution in [3.05, 3.63) is 45.6 Å². The molecule has 0 aliphatic heterocycles. The molecule has 4 N–H and O–H groups in total. The number of anilines is 1. The van der Waals surface area contributed by atoms with Crippen LogP contribution in [0.15, 0.2) is 24.4 Å². The van der Waals surface area contributed by atoms with Gasteiger partial charge in [0.05, 0.1) is 16.9 Å². The van der Waals surface area contributed by atoms with Crippen molar-refractivity contribution in [2.45, 2.75) is 13.5 Å². The molecule has 0 aliphatic rings. The highest BCUT2D eigenvalue weighted by Gasteiger charge is 2.18. The first-order chi connectivity index (χ1) is 10.0. The van der Waals surface area contributed by atoms with Gasteiger partial charge in [-0.25, -0.2) is 4.98 Å². The summed E-state index contributed by atoms with van der Waals surface area (Å²) in [6, 6.07) is 5.30. The van der Waals surface area contributed by atoms with Crippen LogP contribution in [0, 0.1) is 6.92 Å². The zero-order chi connectivity index (χ0) is 15.1. The van der Waals surface area contributed by atoms with Gasteiger partial charge in [-0.15, -0.1) is 0 Å². The lowest BCUT2D eigenvalue weighted by molar-refractivity contribution is 0.919. The number of rotatable bonds is 2. The summed E-state index contributed by atoms with van der Waals surface area (Å²) >= 11 is 12.4. The van der Waals surface area contributed by atoms with Gasteiger partial charge in [0.25, 0.3) is 0 Å². The zero-order valence-corrected chi connectivity index (χ0v) is 12.8. The Balaban J connectivity index is 2.39. The third-order valence-corrected chi connectivity index (χ3v) is 3.88. The molecule has 0 spiro atoms. The number of benzene rings is 1. The first-order valence-corrected chi connectivity index (χ1v) is 7.06. The maximum atomic E-state index is 6.35. The van der Waals surface area contributed by atoms with Crippen molar-refractivity contribution in [1.82, 2.24) is 14.6 Å². The van der Waals surface area contributed by atoms with Crippen molar-refractivity contribution < 1.29 is 0 Å². The van der Waals surface area contributed by atoms with E-state index in [-0.39, 0.29) is 6.54 Å². The normalized spacial score (nSPS) is 11.2. The molecule has 0 unspecified atom stereocenters. The lowest BCUT2D eigenvalue weighted by atomic mass is 10.0. The van der Waals surface area contributed by atoms with Crippen LogP contribution in [-0.4, -0.2) is 14.6 Å². The summed E-state index contributed by atoms with van der Waals surface area (Å²) in [6.07, 6.45) is 1.64. The summed E-state index contributed by atoms with van der Waals surface area (Å²) in [5.41, 5.74) is 15.7. The van der Waals surface area contributed by atoms with Gasteiger partial charge in [0.1, 0.15) is 5.82 Å². The van der Waals surface area contributed by atoms with E-state index >= 15 is 0 Å². The molecule has 0 fully saturated rings. The van der Waals surface area contributed by atoms with Crippen LogP contribution < -0.4 is 11.5 Å². The summed E-state index contributed by atoms with van der Waals surface area (Å²) in [5, 5.41) is 5.24. The average Bonchev–Trinajstić information content (AvgIpc) is 2.86. The molecule has 0 atom stereocenters. The van der Waals surface area contributed by atoms with Gasteiger partial charge >= 0.3 is 0 Å². The van der Waals surface area contributed by atoms with Crippen molar-refractivity contribution in [2.24, 2.45) is 5.73 Å². The van der Waals surface area contributed by atoms with Crippen LogP contribution in [0.4, 0.5) is 5.82 Å². The van der Waals surface area contributed by atoms with E-state index in [9.17, 15) is 0 Å². The van der Waals surface area contributed by atoms with Gasteiger partial charge in [0, 0.05) is 28.8 Å². The minimum Gasteiger partial charge on any atom is -0.383 e. The Morgan fingerprint density at radius 2 is 2.05 bits per heavy atom. The summed E-state index contributed by atoms with van der Waals surface area (Å²) in [6.45, 7) is 2.16. The maximum absolute atomic E-state index is 6.35. The molecule has 3 rings (SSSR count). The van der Waals surface area contributed by atoms with Crippen LogP contribution in [0.1, 0.15) is 11.1 Å². The van der Waals surface area contributed by atoms with E-state index in [1.807, 2.05) is 13.0 Å². The summed E-state index contributed by atoms with van der Waals surface area (Å²) in [4.78, 5) is 4.60. The van der Waals surface area contributed by atoms with Crippen molar-refractivity contribution in [2.75, 3.05) is 5.73 Å². The van der Waals surface area contributed by atoms with Crippen molar-refractivity contribution in [3.63, 3.8) is 0 Å². The van der Waals surface area contributed by atoms with Crippen LogP contribution in [0.5, 0.6) is 0 Å². The smallest absolute Gasteiger partial charge is 0.157 e. The van der Waals surface area contributed by atoms with E-state index in [1.54, 1.807) is 22.8 Å². The molecule has 1 aromatic carbocycles. The highest BCUT2D eigenvalue weighted by atomic mass is 35.5. The van der Waals surface area contributed by atoms with E-state index in [1.165, 1.54) is 0 Å². The number of nitrogen functional groups attached to an aromatic ring is 1. The molecular weight excluding hydrogens is 309 g/mol. The number of fused-ring (bicyclic) bond motifs is 1. The molecule has 0 amide bonds. The van der Waals surface area contributed by atoms with E-state index in [2.05, 4.69) is 10.1 Å². The molecule has 108 valence electrons. The number of aromatic nitrogens is 3. The summed E-state index contributed by atoms with van der Waals surface area (Å²) < 4.78 is 1.56. The molecule has 3 aromatic rings. The van der Waals surface area contributed by atoms with Gasteiger partial charge in [-0.05, 0) is 24.6 Å². The van der Waals surface area contributed by atoms with E-state index in [0.717, 1.165) is 11.1 Å². The molecule has 5 nitrogen and oxygen atoms in total. The summed E-state index contributed by atoms with van der Waals surface area (Å²) in [5.74, 6) is 0.466. The number of halogens is 2. The van der Waals surface area contributed by atoms with E-state index in [4.69, 9.17) is 34.7 Å². The molecular formula is C14H13Cl2N5. The SMILES string of the molecule is Cc1cc(Cl)cc(Cl)c1-c1nc2ccnn2c(N)c1CN. The Morgan fingerprint density at radius 1 is 1.29 bits per heavy atom. The predicted molar refractivity (Wildman–Crippen MR) is 85.5 cm³/mol. The fourth-order valence-corrected chi connectivity index (χ4v) is 3.09. The van der Waals surface area contributed by atoms with Crippen molar-refractivity contribution >= 4 is 34.7 Å². The largest absolute Gasteiger partial charge is 0.383 e. The monoisotopic (exact) mass is 321 g/mol. The van der Waals surface area contributed by atoms with Gasteiger partial charge < -0.3 is 11.5 Å². The van der Waals surface area contributed by atoms with Crippen LogP contribution >= 0.6 is 23.2 Å². The minimum absolute atomic E-state index is 0.238. The average molecular weight is 322 g/mol. The lowest BCUT2D eigenvalue weighted by Crippen LogP contribution is -2.11. The van der Waals surface area contributed by atoms with Gasteiger partial charge in [0.2, 0.25) is 0 Å². The lowest BCUT2D eigenvalue weighted by Gasteiger charge is -2.15. The van der Waals surface area contributed by atoms with Crippen molar-refractivity contribution in [3.8, 4) is 11.3 Å². The van der Waals surface area contributed by atoms with Gasteiger partial charge in [0.15, 0.2) is 5.65 Å². The van der Waals surface area contributed by atoms with E-state index < -0.39 is 0 Å². The predicted octanol–water partition coefficient (Wildman–Crippen LogP) is 3.05. The number of nitrogens with two attached hydrogens (primary N) is 2. The molecule has 2 aromatic heterocycles. The van der Waals surface area contributed by atoms with Crippen LogP contribution in [0.3, 0.4) is 0 Å². The van der Waals surface area contributed by atoms with Crippen molar-refractivity contribution in [1.29, 1.82) is 0 Å². The van der Waals surface area contributed by atoms with Crippen LogP contribution in [0.2, 0.25) is 10.0 Å². The third-order valence-electron chi connectivity index (χ3n) is 3.37. The number of hydrogen-bond acceptors (Lipinski definition) is 4. The second-order valence-electron chi connectivity index (χ2n) is 4.71. The van der Waals surface area contributed by atoms with Gasteiger partial charge in [-0.2, -0.15) is 9.61 Å². The second kappa shape index (κ2) is 5.18. The zero-order valence-electron chi connectivity index (χ0n) is 11.3. The third kappa shape index (κ3) is 2.23. The molecule has 0 aliphatic carbocycles. The quantitative estimate of drug-likeness (QED) is 0.760. The number of hydrogen-bond donors (Lipinski definition) is 2. The molecule has 0 saturated heterocycles. The van der Waals surface area contributed by atoms with E-state index in [0.29, 0.717) is 32.8 Å². The highest BCUT2D eigenvalue weighted by Crippen LogP contribution is 2.36. The number of aryl methyl sites for hydroxylation is 1. The Morgan fingerprint density at radius 3 is 2.71 bits per heavy atom. The number of nitrogens with zero attached hydrogens (tertiary/aromatic N) is 3. The molecule has 0 saturated carbocycles. The molecule has 0 radical (unpaired) electrons. The fraction of sp³-hybridized carbons (Fsp3) is 0.143. The van der Waals surface area contributed by atoms with Gasteiger partial charge in [-0.1, -0.05) is 23.2 Å². The molecule has 0 bridgehead atoms. The van der Waals surface area contributed by atoms with Crippen LogP contribution in [0.25, 0.3) is 16.9 Å². The molecule has 2 heterocycles. The Kier molecular flexibility index (Phi) is 3.49. The second-order valence-corrected chi connectivity index (χ2v) is 5.55. The molecule has 21 heavy (non-hydrogen) atoms. The first kappa shape index (κ1) is 14.1. The van der Waals surface area contributed by atoms with Gasteiger partial charge in [-0.3, -0.25) is 0 Å². The molecule has 7 heteroatoms. The topological polar surface area (TPSA) is 82.2 Å². The maximum Gasteiger partial charge on any atom is 0.157 e. The summed E-state index contributed by atoms with van der Waals surface area (Å²) in [7, 11) is 0. The van der Waals surface area contributed by atoms with Crippen LogP contribution in [-0.2, 0) is 6.54 Å². The fourth-order valence-electron chi connectivity index (χ4n) is 2.41. The first-order valence-electron chi connectivity index (χ1n) is 6.31. The minimum atomic E-state index is 0.238. The standard InChI is InChI=1S/C14H13Cl2N5/c1-7-4-8(15)5-10(16)12(7)13-9(6-17)14(18)21-11(20-13)2-3-19-21/h2-5H,6,17-18H2,1H3.